The fourth-order valence-electron chi connectivity index (χ4n) is 3.46. The number of methoxy groups -OCH3 is 1. The van der Waals surface area contributed by atoms with Crippen molar-refractivity contribution in [2.75, 3.05) is 26.7 Å². The number of nitrogens with one attached hydrogen (secondary N) is 1. The van der Waals surface area contributed by atoms with Gasteiger partial charge in [-0.2, -0.15) is 0 Å². The number of ether oxygens (including phenoxy) is 1. The summed E-state index contributed by atoms with van der Waals surface area (Å²) < 4.78 is 10.8. The van der Waals surface area contributed by atoms with Crippen LogP contribution in [0.2, 0.25) is 0 Å². The second-order valence-electron chi connectivity index (χ2n) is 6.39. The highest BCUT2D eigenvalue weighted by atomic mass is 16.5. The number of fused-ring (bicyclic) bond motifs is 1. The second-order valence-corrected chi connectivity index (χ2v) is 6.39. The predicted octanol–water partition coefficient (Wildman–Crippen LogP) is 2.55. The lowest BCUT2D eigenvalue weighted by atomic mass is 10.0. The molecule has 0 radical (unpaired) electrons. The molecular formula is C20H21N3O3. The number of para-hydroxylation sites is 2. The number of benzene rings is 2. The van der Waals surface area contributed by atoms with Crippen LogP contribution in [0.4, 0.5) is 0 Å². The number of hydrogen-bond acceptors (Lipinski definition) is 5. The van der Waals surface area contributed by atoms with Gasteiger partial charge in [-0.15, -0.1) is 0 Å². The summed E-state index contributed by atoms with van der Waals surface area (Å²) in [6, 6.07) is 15.6. The third-order valence-corrected chi connectivity index (χ3v) is 4.81. The third-order valence-electron chi connectivity index (χ3n) is 4.81. The second kappa shape index (κ2) is 7.17. The number of nitrogens with zero attached hydrogens (tertiary/aromatic N) is 2. The Morgan fingerprint density at radius 2 is 2.08 bits per heavy atom. The number of carbonyl (C=O) groups excluding carboxylic acids is 1. The molecule has 26 heavy (non-hydrogen) atoms. The summed E-state index contributed by atoms with van der Waals surface area (Å²) in [5.41, 5.74) is 2.47. The molecule has 1 N–H and O–H groups in total. The van der Waals surface area contributed by atoms with Crippen LogP contribution in [-0.4, -0.2) is 42.7 Å². The number of aromatic nitrogens is 1. The van der Waals surface area contributed by atoms with Gasteiger partial charge < -0.3 is 19.5 Å². The summed E-state index contributed by atoms with van der Waals surface area (Å²) in [5.74, 6) is 0.896. The van der Waals surface area contributed by atoms with Crippen molar-refractivity contribution < 1.29 is 14.1 Å². The smallest absolute Gasteiger partial charge is 0.228 e. The Kier molecular flexibility index (Phi) is 4.58. The monoisotopic (exact) mass is 351 g/mol. The van der Waals surface area contributed by atoms with Gasteiger partial charge >= 0.3 is 0 Å². The van der Waals surface area contributed by atoms with E-state index in [1.54, 1.807) is 7.11 Å². The van der Waals surface area contributed by atoms with E-state index in [2.05, 4.69) is 10.5 Å². The van der Waals surface area contributed by atoms with E-state index < -0.39 is 0 Å². The first kappa shape index (κ1) is 16.6. The van der Waals surface area contributed by atoms with Crippen LogP contribution in [0.5, 0.6) is 5.75 Å². The minimum absolute atomic E-state index is 0.0536. The number of piperazine rings is 1. The summed E-state index contributed by atoms with van der Waals surface area (Å²) in [7, 11) is 1.67. The molecule has 1 aliphatic heterocycles. The SMILES string of the molecule is COc1ccccc1C1CN(C(=O)Cc2noc3ccccc23)CCN1. The Labute approximate surface area is 151 Å². The van der Waals surface area contributed by atoms with Crippen LogP contribution in [0.25, 0.3) is 11.0 Å². The maximum Gasteiger partial charge on any atom is 0.228 e. The Morgan fingerprint density at radius 3 is 2.96 bits per heavy atom. The van der Waals surface area contributed by atoms with Gasteiger partial charge in [0.15, 0.2) is 5.58 Å². The molecule has 4 rings (SSSR count). The molecule has 0 saturated carbocycles. The Balaban J connectivity index is 1.50. The fourth-order valence-corrected chi connectivity index (χ4v) is 3.46. The van der Waals surface area contributed by atoms with E-state index in [9.17, 15) is 4.79 Å². The molecule has 1 fully saturated rings. The minimum atomic E-state index is 0.0536. The summed E-state index contributed by atoms with van der Waals surface area (Å²) in [4.78, 5) is 14.7. The van der Waals surface area contributed by atoms with Gasteiger partial charge in [0.2, 0.25) is 5.91 Å². The first-order valence-corrected chi connectivity index (χ1v) is 8.73. The predicted molar refractivity (Wildman–Crippen MR) is 98.0 cm³/mol. The first-order chi connectivity index (χ1) is 12.8. The zero-order chi connectivity index (χ0) is 17.9. The van der Waals surface area contributed by atoms with Crippen LogP contribution in [-0.2, 0) is 11.2 Å². The average Bonchev–Trinajstić information content (AvgIpc) is 3.11. The zero-order valence-corrected chi connectivity index (χ0v) is 14.6. The zero-order valence-electron chi connectivity index (χ0n) is 14.6. The molecule has 1 aliphatic rings. The van der Waals surface area contributed by atoms with E-state index in [1.807, 2.05) is 53.4 Å². The van der Waals surface area contributed by atoms with Crippen molar-refractivity contribution in [2.24, 2.45) is 0 Å². The summed E-state index contributed by atoms with van der Waals surface area (Å²) in [5, 5.41) is 8.45. The van der Waals surface area contributed by atoms with Crippen molar-refractivity contribution in [3.63, 3.8) is 0 Å². The molecule has 3 aromatic rings. The highest BCUT2D eigenvalue weighted by Gasteiger charge is 2.27. The van der Waals surface area contributed by atoms with Crippen LogP contribution in [0, 0.1) is 0 Å². The molecule has 2 heterocycles. The molecular weight excluding hydrogens is 330 g/mol. The number of hydrogen-bond donors (Lipinski definition) is 1. The summed E-state index contributed by atoms with van der Waals surface area (Å²) >= 11 is 0. The molecule has 6 heteroatoms. The van der Waals surface area contributed by atoms with Crippen LogP contribution in [0.1, 0.15) is 17.3 Å². The normalized spacial score (nSPS) is 17.4. The van der Waals surface area contributed by atoms with Gasteiger partial charge in [-0.1, -0.05) is 35.5 Å². The molecule has 1 aromatic heterocycles. The van der Waals surface area contributed by atoms with Crippen molar-refractivity contribution in [2.45, 2.75) is 12.5 Å². The van der Waals surface area contributed by atoms with Gasteiger partial charge in [0.05, 0.1) is 19.6 Å². The van der Waals surface area contributed by atoms with Gasteiger partial charge in [0.25, 0.3) is 0 Å². The lowest BCUT2D eigenvalue weighted by Crippen LogP contribution is -2.48. The van der Waals surface area contributed by atoms with Gasteiger partial charge in [-0.3, -0.25) is 4.79 Å². The molecule has 2 aromatic carbocycles. The highest BCUT2D eigenvalue weighted by molar-refractivity contribution is 5.86. The number of rotatable bonds is 4. The van der Waals surface area contributed by atoms with Gasteiger partial charge in [-0.05, 0) is 18.2 Å². The lowest BCUT2D eigenvalue weighted by molar-refractivity contribution is -0.131. The number of carbonyl (C=O) groups is 1. The van der Waals surface area contributed by atoms with E-state index in [0.29, 0.717) is 24.4 Å². The standard InChI is InChI=1S/C20H21N3O3/c1-25-18-8-4-2-7-15(18)17-13-23(11-10-21-17)20(24)12-16-14-6-3-5-9-19(14)26-22-16/h2-9,17,21H,10-13H2,1H3. The van der Waals surface area contributed by atoms with Crippen molar-refractivity contribution in [1.29, 1.82) is 0 Å². The van der Waals surface area contributed by atoms with Crippen LogP contribution in [0.3, 0.4) is 0 Å². The molecule has 1 saturated heterocycles. The molecule has 0 spiro atoms. The van der Waals surface area contributed by atoms with Crippen molar-refractivity contribution in [3.8, 4) is 5.75 Å². The summed E-state index contributed by atoms with van der Waals surface area (Å²) in [6.07, 6.45) is 0.246. The van der Waals surface area contributed by atoms with Crippen LogP contribution < -0.4 is 10.1 Å². The minimum Gasteiger partial charge on any atom is -0.496 e. The van der Waals surface area contributed by atoms with E-state index in [1.165, 1.54) is 0 Å². The Hall–Kier alpha value is -2.86. The van der Waals surface area contributed by atoms with Crippen molar-refractivity contribution in [1.82, 2.24) is 15.4 Å². The quantitative estimate of drug-likeness (QED) is 0.782. The molecule has 6 nitrogen and oxygen atoms in total. The van der Waals surface area contributed by atoms with Gasteiger partial charge in [0, 0.05) is 30.6 Å². The molecule has 1 atom stereocenters. The van der Waals surface area contributed by atoms with E-state index >= 15 is 0 Å². The summed E-state index contributed by atoms with van der Waals surface area (Å²) in [6.45, 7) is 2.03. The number of amides is 1. The largest absolute Gasteiger partial charge is 0.496 e. The highest BCUT2D eigenvalue weighted by Crippen LogP contribution is 2.27. The van der Waals surface area contributed by atoms with E-state index in [0.717, 1.165) is 23.2 Å². The first-order valence-electron chi connectivity index (χ1n) is 8.73. The van der Waals surface area contributed by atoms with Crippen LogP contribution in [0.15, 0.2) is 53.1 Å². The Bertz CT molecular complexity index is 921. The van der Waals surface area contributed by atoms with Crippen LogP contribution >= 0.6 is 0 Å². The van der Waals surface area contributed by atoms with Gasteiger partial charge in [-0.25, -0.2) is 0 Å². The maximum atomic E-state index is 12.8. The maximum absolute atomic E-state index is 12.8. The average molecular weight is 351 g/mol. The molecule has 0 bridgehead atoms. The van der Waals surface area contributed by atoms with Crippen molar-refractivity contribution in [3.05, 3.63) is 59.8 Å². The van der Waals surface area contributed by atoms with Gasteiger partial charge in [0.1, 0.15) is 11.4 Å². The van der Waals surface area contributed by atoms with E-state index in [-0.39, 0.29) is 18.4 Å². The topological polar surface area (TPSA) is 67.6 Å². The molecule has 1 amide bonds. The van der Waals surface area contributed by atoms with E-state index in [4.69, 9.17) is 9.26 Å². The third kappa shape index (κ3) is 3.15. The molecule has 1 unspecified atom stereocenters. The lowest BCUT2D eigenvalue weighted by Gasteiger charge is -2.34. The van der Waals surface area contributed by atoms with Crippen molar-refractivity contribution >= 4 is 16.9 Å². The molecule has 0 aliphatic carbocycles. The fraction of sp³-hybridized carbons (Fsp3) is 0.300. The Morgan fingerprint density at radius 1 is 1.27 bits per heavy atom. The molecule has 134 valence electrons.